The minimum absolute atomic E-state index is 0.0608. The molecule has 0 saturated carbocycles. The molecule has 1 atom stereocenters. The molecule has 2 heterocycles. The van der Waals surface area contributed by atoms with Crippen molar-refractivity contribution in [1.29, 1.82) is 0 Å². The minimum Gasteiger partial charge on any atom is -0.497 e. The van der Waals surface area contributed by atoms with E-state index in [1.54, 1.807) is 50.4 Å². The summed E-state index contributed by atoms with van der Waals surface area (Å²) in [6, 6.07) is 10.7. The lowest BCUT2D eigenvalue weighted by molar-refractivity contribution is -0.139. The van der Waals surface area contributed by atoms with Gasteiger partial charge in [0.05, 0.1) is 19.6 Å². The average molecular weight is 439 g/mol. The van der Waals surface area contributed by atoms with Crippen LogP contribution in [0.15, 0.2) is 63.6 Å². The molecule has 0 radical (unpaired) electrons. The summed E-state index contributed by atoms with van der Waals surface area (Å²) in [7, 11) is 1.60. The van der Waals surface area contributed by atoms with Gasteiger partial charge in [0.25, 0.3) is 0 Å². The van der Waals surface area contributed by atoms with E-state index in [-0.39, 0.29) is 30.5 Å². The van der Waals surface area contributed by atoms with Gasteiger partial charge in [-0.05, 0) is 49.7 Å². The van der Waals surface area contributed by atoms with Crippen LogP contribution in [-0.2, 0) is 25.7 Å². The molecule has 2 aliphatic rings. The van der Waals surface area contributed by atoms with Crippen LogP contribution in [0, 0.1) is 0 Å². The smallest absolute Gasteiger partial charge is 0.340 e. The Morgan fingerprint density at radius 3 is 2.59 bits per heavy atom. The fourth-order valence-corrected chi connectivity index (χ4v) is 3.90. The molecule has 0 amide bonds. The number of hydrogen-bond donors (Lipinski definition) is 1. The average Bonchev–Trinajstić information content (AvgIpc) is 3.26. The summed E-state index contributed by atoms with van der Waals surface area (Å²) >= 11 is 0. The molecular weight excluding hydrogens is 414 g/mol. The van der Waals surface area contributed by atoms with Gasteiger partial charge in [-0.1, -0.05) is 0 Å². The van der Waals surface area contributed by atoms with Crippen molar-refractivity contribution in [2.24, 2.45) is 5.73 Å². The molecule has 2 aromatic rings. The van der Waals surface area contributed by atoms with Crippen LogP contribution in [0.3, 0.4) is 0 Å². The molecule has 0 unspecified atom stereocenters. The van der Waals surface area contributed by atoms with E-state index in [1.807, 2.05) is 0 Å². The molecule has 1 aromatic heterocycles. The van der Waals surface area contributed by atoms with E-state index in [4.69, 9.17) is 29.1 Å². The lowest BCUT2D eigenvalue weighted by Crippen LogP contribution is -2.31. The molecule has 1 aliphatic carbocycles. The van der Waals surface area contributed by atoms with Crippen LogP contribution >= 0.6 is 0 Å². The van der Waals surface area contributed by atoms with Crippen molar-refractivity contribution in [3.63, 3.8) is 0 Å². The summed E-state index contributed by atoms with van der Waals surface area (Å²) in [5.74, 6) is 1.27. The van der Waals surface area contributed by atoms with E-state index in [2.05, 4.69) is 0 Å². The Morgan fingerprint density at radius 2 is 1.88 bits per heavy atom. The van der Waals surface area contributed by atoms with Gasteiger partial charge in [0, 0.05) is 18.4 Å². The highest BCUT2D eigenvalue weighted by Gasteiger charge is 2.42. The van der Waals surface area contributed by atoms with E-state index < -0.39 is 11.9 Å². The Labute approximate surface area is 185 Å². The zero-order chi connectivity index (χ0) is 22.7. The van der Waals surface area contributed by atoms with Gasteiger partial charge in [-0.25, -0.2) is 4.79 Å². The number of hydrogen-bond acceptors (Lipinski definition) is 8. The van der Waals surface area contributed by atoms with Gasteiger partial charge in [-0.15, -0.1) is 0 Å². The molecule has 8 nitrogen and oxygen atoms in total. The van der Waals surface area contributed by atoms with Crippen molar-refractivity contribution in [2.45, 2.75) is 38.7 Å². The number of carbonyl (C=O) groups excluding carboxylic acids is 2. The zero-order valence-corrected chi connectivity index (χ0v) is 18.0. The predicted molar refractivity (Wildman–Crippen MR) is 114 cm³/mol. The lowest BCUT2D eigenvalue weighted by atomic mass is 9.79. The van der Waals surface area contributed by atoms with E-state index in [1.165, 1.54) is 0 Å². The third-order valence-corrected chi connectivity index (χ3v) is 5.39. The molecule has 0 fully saturated rings. The second kappa shape index (κ2) is 9.21. The van der Waals surface area contributed by atoms with Crippen LogP contribution in [0.25, 0.3) is 0 Å². The Morgan fingerprint density at radius 1 is 1.12 bits per heavy atom. The molecule has 1 aliphatic heterocycles. The maximum atomic E-state index is 12.8. The largest absolute Gasteiger partial charge is 0.497 e. The van der Waals surface area contributed by atoms with Crippen LogP contribution in [0.1, 0.15) is 43.6 Å². The Bertz CT molecular complexity index is 1080. The summed E-state index contributed by atoms with van der Waals surface area (Å²) in [6.07, 6.45) is 1.62. The van der Waals surface area contributed by atoms with E-state index in [9.17, 15) is 9.59 Å². The molecule has 1 aromatic carbocycles. The predicted octanol–water partition coefficient (Wildman–Crippen LogP) is 3.72. The molecule has 8 heteroatoms. The van der Waals surface area contributed by atoms with Gasteiger partial charge >= 0.3 is 5.97 Å². The number of Topliss-reactive ketones (excluding diaryl/α,β-unsaturated/α-hetero) is 1. The second-order valence-electron chi connectivity index (χ2n) is 7.42. The van der Waals surface area contributed by atoms with Crippen molar-refractivity contribution in [1.82, 2.24) is 0 Å². The van der Waals surface area contributed by atoms with Crippen LogP contribution in [0.4, 0.5) is 0 Å². The van der Waals surface area contributed by atoms with Crippen LogP contribution < -0.4 is 15.2 Å². The maximum Gasteiger partial charge on any atom is 0.340 e. The Balaban J connectivity index is 1.61. The van der Waals surface area contributed by atoms with Crippen LogP contribution in [0.2, 0.25) is 0 Å². The highest BCUT2D eigenvalue weighted by Crippen LogP contribution is 2.44. The first kappa shape index (κ1) is 21.5. The monoisotopic (exact) mass is 439 g/mol. The number of carbonyl (C=O) groups is 2. The van der Waals surface area contributed by atoms with Crippen molar-refractivity contribution in [3.8, 4) is 11.5 Å². The first-order chi connectivity index (χ1) is 15.5. The molecule has 168 valence electrons. The van der Waals surface area contributed by atoms with Crippen LogP contribution in [-0.4, -0.2) is 25.5 Å². The zero-order valence-electron chi connectivity index (χ0n) is 18.0. The summed E-state index contributed by atoms with van der Waals surface area (Å²) in [5.41, 5.74) is 6.58. The number of rotatable bonds is 7. The number of benzene rings is 1. The highest BCUT2D eigenvalue weighted by molar-refractivity contribution is 6.03. The van der Waals surface area contributed by atoms with Gasteiger partial charge in [0.15, 0.2) is 5.78 Å². The van der Waals surface area contributed by atoms with Crippen LogP contribution in [0.5, 0.6) is 11.5 Å². The van der Waals surface area contributed by atoms with E-state index >= 15 is 0 Å². The summed E-state index contributed by atoms with van der Waals surface area (Å²) in [6.45, 7) is 2.04. The second-order valence-corrected chi connectivity index (χ2v) is 7.42. The topological polar surface area (TPSA) is 110 Å². The Hall–Kier alpha value is -3.68. The summed E-state index contributed by atoms with van der Waals surface area (Å²) in [4.78, 5) is 25.5. The van der Waals surface area contributed by atoms with Crippen molar-refractivity contribution < 1.29 is 33.0 Å². The fraction of sp³-hybridized carbons (Fsp3) is 0.333. The number of nitrogens with two attached hydrogens (primary N) is 1. The number of ether oxygens (including phenoxy) is 4. The highest BCUT2D eigenvalue weighted by atomic mass is 16.5. The van der Waals surface area contributed by atoms with E-state index in [0.717, 1.165) is 5.75 Å². The lowest BCUT2D eigenvalue weighted by Gasteiger charge is -2.31. The van der Waals surface area contributed by atoms with Gasteiger partial charge in [-0.2, -0.15) is 0 Å². The molecule has 2 N–H and O–H groups in total. The van der Waals surface area contributed by atoms with Crippen molar-refractivity contribution in [3.05, 3.63) is 70.7 Å². The number of methoxy groups -OCH3 is 1. The fourth-order valence-electron chi connectivity index (χ4n) is 3.90. The third kappa shape index (κ3) is 4.21. The first-order valence-corrected chi connectivity index (χ1v) is 10.5. The van der Waals surface area contributed by atoms with Crippen molar-refractivity contribution >= 4 is 11.8 Å². The first-order valence-electron chi connectivity index (χ1n) is 10.5. The van der Waals surface area contributed by atoms with Gasteiger partial charge in [-0.3, -0.25) is 4.79 Å². The molecule has 4 rings (SSSR count). The summed E-state index contributed by atoms with van der Waals surface area (Å²) < 4.78 is 27.8. The number of esters is 1. The molecule has 0 spiro atoms. The molecule has 0 bridgehead atoms. The molecule has 0 saturated heterocycles. The van der Waals surface area contributed by atoms with Gasteiger partial charge in [0.2, 0.25) is 5.88 Å². The Kier molecular flexibility index (Phi) is 6.20. The maximum absolute atomic E-state index is 12.8. The standard InChI is InChI=1S/C24H25NO7/c1-3-29-24(27)22-21(20-17(26)5-4-6-18(20)32-23(22)25)19-12-11-16(31-19)13-30-15-9-7-14(28-2)8-10-15/h7-12,21H,3-6,13,25H2,1-2H3/t21-/m0/s1. The van der Waals surface area contributed by atoms with Crippen molar-refractivity contribution in [2.75, 3.05) is 13.7 Å². The number of ketones is 1. The number of allylic oxidation sites excluding steroid dienone is 2. The SMILES string of the molecule is CCOC(=O)C1=C(N)OC2=C(C(=O)CCC2)[C@@H]1c1ccc(COc2ccc(OC)cc2)o1. The quantitative estimate of drug-likeness (QED) is 0.650. The van der Waals surface area contributed by atoms with Gasteiger partial charge < -0.3 is 29.1 Å². The number of furan rings is 1. The third-order valence-electron chi connectivity index (χ3n) is 5.39. The molecular formula is C24H25NO7. The minimum atomic E-state index is -0.777. The van der Waals surface area contributed by atoms with E-state index in [0.29, 0.717) is 47.9 Å². The molecule has 32 heavy (non-hydrogen) atoms. The summed E-state index contributed by atoms with van der Waals surface area (Å²) in [5, 5.41) is 0. The van der Waals surface area contributed by atoms with Gasteiger partial charge in [0.1, 0.15) is 41.0 Å². The normalized spacial score (nSPS) is 18.2.